The molecule has 0 N–H and O–H groups in total. The summed E-state index contributed by atoms with van der Waals surface area (Å²) in [6.07, 6.45) is 0.686. The van der Waals surface area contributed by atoms with E-state index in [9.17, 15) is 8.42 Å². The number of aromatic nitrogens is 2. The largest absolute Gasteiger partial charge is 0.268 e. The van der Waals surface area contributed by atoms with Gasteiger partial charge in [0.2, 0.25) is 0 Å². The Labute approximate surface area is 134 Å². The molecule has 0 saturated heterocycles. The number of hydrogen-bond acceptors (Lipinski definition) is 3. The van der Waals surface area contributed by atoms with E-state index in [1.54, 1.807) is 49.4 Å². The number of benzene rings is 1. The van der Waals surface area contributed by atoms with Gasteiger partial charge in [0.05, 0.1) is 10.4 Å². The number of pyridine rings is 1. The van der Waals surface area contributed by atoms with Crippen molar-refractivity contribution < 1.29 is 8.42 Å². The number of fused-ring (bicyclic) bond motifs is 1. The molecule has 2 heterocycles. The second-order valence-electron chi connectivity index (χ2n) is 5.06. The second-order valence-corrected chi connectivity index (χ2v) is 7.20. The lowest BCUT2D eigenvalue weighted by Crippen LogP contribution is -2.14. The lowest BCUT2D eigenvalue weighted by molar-refractivity contribution is 0.588. The van der Waals surface area contributed by atoms with E-state index < -0.39 is 10.0 Å². The second kappa shape index (κ2) is 5.41. The Balaban J connectivity index is 2.36. The quantitative estimate of drug-likeness (QED) is 0.685. The zero-order chi connectivity index (χ0) is 15.9. The molecule has 0 fully saturated rings. The van der Waals surface area contributed by atoms with Crippen molar-refractivity contribution in [2.24, 2.45) is 0 Å². The van der Waals surface area contributed by atoms with Crippen molar-refractivity contribution in [1.29, 1.82) is 0 Å². The van der Waals surface area contributed by atoms with E-state index >= 15 is 0 Å². The maximum absolute atomic E-state index is 12.9. The van der Waals surface area contributed by atoms with Gasteiger partial charge in [-0.2, -0.15) is 0 Å². The van der Waals surface area contributed by atoms with E-state index in [1.165, 1.54) is 3.97 Å². The van der Waals surface area contributed by atoms with Crippen molar-refractivity contribution in [3.63, 3.8) is 0 Å². The van der Waals surface area contributed by atoms with Crippen molar-refractivity contribution in [2.75, 3.05) is 0 Å². The van der Waals surface area contributed by atoms with Crippen molar-refractivity contribution in [3.8, 4) is 0 Å². The molecule has 3 aromatic rings. The fraction of sp³-hybridized carbons (Fsp3) is 0.188. The molecule has 1 aromatic carbocycles. The third kappa shape index (κ3) is 2.30. The van der Waals surface area contributed by atoms with Gasteiger partial charge in [0.15, 0.2) is 0 Å². The SMILES string of the molecule is CCc1cc2c(cc(C)n2S(=O)(=O)c2ccccc2)c(Cl)n1. The van der Waals surface area contributed by atoms with Gasteiger partial charge in [-0.25, -0.2) is 17.4 Å². The molecule has 0 atom stereocenters. The van der Waals surface area contributed by atoms with E-state index in [0.717, 1.165) is 5.69 Å². The highest BCUT2D eigenvalue weighted by Crippen LogP contribution is 2.29. The highest BCUT2D eigenvalue weighted by molar-refractivity contribution is 7.90. The molecule has 0 aliphatic carbocycles. The molecule has 22 heavy (non-hydrogen) atoms. The molecule has 114 valence electrons. The van der Waals surface area contributed by atoms with E-state index in [-0.39, 0.29) is 4.90 Å². The Kier molecular flexibility index (Phi) is 3.70. The zero-order valence-electron chi connectivity index (χ0n) is 12.2. The van der Waals surface area contributed by atoms with E-state index in [4.69, 9.17) is 11.6 Å². The predicted molar refractivity (Wildman–Crippen MR) is 87.9 cm³/mol. The molecule has 0 spiro atoms. The van der Waals surface area contributed by atoms with Crippen LogP contribution in [-0.2, 0) is 16.4 Å². The lowest BCUT2D eigenvalue weighted by atomic mass is 10.2. The number of nitrogens with zero attached hydrogens (tertiary/aromatic N) is 2. The first-order valence-electron chi connectivity index (χ1n) is 6.93. The summed E-state index contributed by atoms with van der Waals surface area (Å²) in [5, 5.41) is 0.982. The highest BCUT2D eigenvalue weighted by atomic mass is 35.5. The van der Waals surface area contributed by atoms with Crippen molar-refractivity contribution in [2.45, 2.75) is 25.2 Å². The molecule has 0 unspecified atom stereocenters. The average Bonchev–Trinajstić information content (AvgIpc) is 2.85. The molecule has 0 amide bonds. The third-order valence-corrected chi connectivity index (χ3v) is 5.70. The number of halogens is 1. The van der Waals surface area contributed by atoms with Crippen LogP contribution in [0.2, 0.25) is 5.15 Å². The Morgan fingerprint density at radius 1 is 1.18 bits per heavy atom. The molecule has 0 saturated carbocycles. The van der Waals surface area contributed by atoms with Crippen LogP contribution in [0.25, 0.3) is 10.9 Å². The van der Waals surface area contributed by atoms with Crippen LogP contribution in [0, 0.1) is 6.92 Å². The molecule has 0 radical (unpaired) electrons. The van der Waals surface area contributed by atoms with Crippen LogP contribution in [0.5, 0.6) is 0 Å². The fourth-order valence-corrected chi connectivity index (χ4v) is 4.33. The van der Waals surface area contributed by atoms with Gasteiger partial charge in [-0.1, -0.05) is 36.7 Å². The summed E-state index contributed by atoms with van der Waals surface area (Å²) in [7, 11) is -3.66. The van der Waals surface area contributed by atoms with Crippen LogP contribution < -0.4 is 0 Å². The minimum absolute atomic E-state index is 0.251. The maximum Gasteiger partial charge on any atom is 0.268 e. The predicted octanol–water partition coefficient (Wildman–Crippen LogP) is 3.80. The molecule has 3 rings (SSSR count). The zero-order valence-corrected chi connectivity index (χ0v) is 13.8. The topological polar surface area (TPSA) is 52.0 Å². The lowest BCUT2D eigenvalue weighted by Gasteiger charge is -2.10. The highest BCUT2D eigenvalue weighted by Gasteiger charge is 2.22. The minimum Gasteiger partial charge on any atom is -0.240 e. The van der Waals surface area contributed by atoms with Crippen LogP contribution in [-0.4, -0.2) is 17.4 Å². The van der Waals surface area contributed by atoms with Gasteiger partial charge in [0.1, 0.15) is 5.15 Å². The van der Waals surface area contributed by atoms with Crippen LogP contribution >= 0.6 is 11.6 Å². The summed E-state index contributed by atoms with van der Waals surface area (Å²) in [5.41, 5.74) is 1.94. The van der Waals surface area contributed by atoms with Gasteiger partial charge in [-0.15, -0.1) is 0 Å². The first-order chi connectivity index (χ1) is 10.4. The monoisotopic (exact) mass is 334 g/mol. The molecule has 0 aliphatic heterocycles. The summed E-state index contributed by atoms with van der Waals surface area (Å²) < 4.78 is 27.2. The maximum atomic E-state index is 12.9. The number of aryl methyl sites for hydroxylation is 2. The summed E-state index contributed by atoms with van der Waals surface area (Å²) in [5.74, 6) is 0. The van der Waals surface area contributed by atoms with Crippen LogP contribution in [0.4, 0.5) is 0 Å². The van der Waals surface area contributed by atoms with E-state index in [1.807, 2.05) is 6.92 Å². The standard InChI is InChI=1S/C16H15ClN2O2S/c1-3-12-10-15-14(16(17)18-12)9-11(2)19(15)22(20,21)13-7-5-4-6-8-13/h4-10H,3H2,1-2H3. The molecular weight excluding hydrogens is 320 g/mol. The summed E-state index contributed by atoms with van der Waals surface area (Å²) in [6.45, 7) is 3.71. The summed E-state index contributed by atoms with van der Waals surface area (Å²) in [4.78, 5) is 4.54. The molecular formula is C16H15ClN2O2S. The Hall–Kier alpha value is -1.85. The molecule has 2 aromatic heterocycles. The minimum atomic E-state index is -3.66. The Bertz CT molecular complexity index is 947. The smallest absolute Gasteiger partial charge is 0.240 e. The molecule has 0 aliphatic rings. The first-order valence-corrected chi connectivity index (χ1v) is 8.75. The van der Waals surface area contributed by atoms with Crippen LogP contribution in [0.1, 0.15) is 18.3 Å². The van der Waals surface area contributed by atoms with Crippen LogP contribution in [0.15, 0.2) is 47.4 Å². The fourth-order valence-electron chi connectivity index (χ4n) is 2.52. The number of hydrogen-bond donors (Lipinski definition) is 0. The molecule has 6 heteroatoms. The Morgan fingerprint density at radius 2 is 1.86 bits per heavy atom. The van der Waals surface area contributed by atoms with Gasteiger partial charge >= 0.3 is 0 Å². The van der Waals surface area contributed by atoms with E-state index in [2.05, 4.69) is 4.98 Å². The normalized spacial score (nSPS) is 12.0. The number of rotatable bonds is 3. The van der Waals surface area contributed by atoms with Gasteiger partial charge < -0.3 is 0 Å². The van der Waals surface area contributed by atoms with Crippen LogP contribution in [0.3, 0.4) is 0 Å². The average molecular weight is 335 g/mol. The van der Waals surface area contributed by atoms with Gasteiger partial charge in [0, 0.05) is 16.8 Å². The van der Waals surface area contributed by atoms with Gasteiger partial charge in [-0.05, 0) is 37.6 Å². The van der Waals surface area contributed by atoms with Crippen molar-refractivity contribution in [1.82, 2.24) is 8.96 Å². The van der Waals surface area contributed by atoms with Crippen molar-refractivity contribution in [3.05, 3.63) is 59.0 Å². The third-order valence-electron chi connectivity index (χ3n) is 3.58. The van der Waals surface area contributed by atoms with Gasteiger partial charge in [-0.3, -0.25) is 0 Å². The van der Waals surface area contributed by atoms with Gasteiger partial charge in [0.25, 0.3) is 10.0 Å². The molecule has 4 nitrogen and oxygen atoms in total. The molecule has 0 bridgehead atoms. The van der Waals surface area contributed by atoms with E-state index in [0.29, 0.717) is 28.2 Å². The Morgan fingerprint density at radius 3 is 2.50 bits per heavy atom. The summed E-state index contributed by atoms with van der Waals surface area (Å²) >= 11 is 6.20. The summed E-state index contributed by atoms with van der Waals surface area (Å²) in [6, 6.07) is 11.9. The van der Waals surface area contributed by atoms with Crippen molar-refractivity contribution >= 4 is 32.5 Å². The first kappa shape index (κ1) is 15.1.